The minimum atomic E-state index is -3.31. The van der Waals surface area contributed by atoms with E-state index in [9.17, 15) is 8.42 Å². The highest BCUT2D eigenvalue weighted by molar-refractivity contribution is 7.87. The second-order valence-electron chi connectivity index (χ2n) is 5.34. The molecule has 0 amide bonds. The molecular weight excluding hydrogens is 262 g/mol. The quantitative estimate of drug-likeness (QED) is 0.526. The van der Waals surface area contributed by atoms with Gasteiger partial charge in [0.1, 0.15) is 0 Å². The molecule has 0 radical (unpaired) electrons. The lowest BCUT2D eigenvalue weighted by molar-refractivity contribution is 0.427. The summed E-state index contributed by atoms with van der Waals surface area (Å²) in [6.07, 6.45) is 7.53. The number of nitrogens with zero attached hydrogens (tertiary/aromatic N) is 1. The average Bonchev–Trinajstić information content (AvgIpc) is 2.62. The molecule has 0 spiro atoms. The minimum Gasteiger partial charge on any atom is -0.317 e. The van der Waals surface area contributed by atoms with E-state index < -0.39 is 10.2 Å². The first-order valence-electron chi connectivity index (χ1n) is 7.50. The lowest BCUT2D eigenvalue weighted by Crippen LogP contribution is -2.44. The van der Waals surface area contributed by atoms with Crippen LogP contribution in [-0.2, 0) is 10.2 Å². The Morgan fingerprint density at radius 2 is 1.79 bits per heavy atom. The molecule has 1 rings (SSSR count). The molecule has 0 saturated heterocycles. The van der Waals surface area contributed by atoms with E-state index in [2.05, 4.69) is 10.0 Å². The normalized spacial score (nSPS) is 18.7. The van der Waals surface area contributed by atoms with Crippen LogP contribution < -0.4 is 10.0 Å². The average molecular weight is 291 g/mol. The fraction of sp³-hybridized carbons (Fsp3) is 1.00. The van der Waals surface area contributed by atoms with E-state index in [4.69, 9.17) is 0 Å². The first-order valence-corrected chi connectivity index (χ1v) is 8.94. The molecular formula is C13H29N3O2S. The summed E-state index contributed by atoms with van der Waals surface area (Å²) in [5.41, 5.74) is 0. The van der Waals surface area contributed by atoms with E-state index >= 15 is 0 Å². The van der Waals surface area contributed by atoms with Crippen LogP contribution in [0.25, 0.3) is 0 Å². The zero-order valence-corrected chi connectivity index (χ0v) is 13.1. The topological polar surface area (TPSA) is 61.4 Å². The Labute approximate surface area is 118 Å². The molecule has 0 aliphatic heterocycles. The fourth-order valence-electron chi connectivity index (χ4n) is 2.42. The second kappa shape index (κ2) is 8.89. The number of nitrogens with one attached hydrogen (secondary N) is 2. The van der Waals surface area contributed by atoms with Gasteiger partial charge in [0, 0.05) is 19.6 Å². The molecule has 1 fully saturated rings. The Balaban J connectivity index is 2.36. The van der Waals surface area contributed by atoms with Gasteiger partial charge in [-0.2, -0.15) is 17.4 Å². The van der Waals surface area contributed by atoms with E-state index in [1.807, 2.05) is 6.92 Å². The van der Waals surface area contributed by atoms with E-state index in [-0.39, 0.29) is 6.04 Å². The first kappa shape index (κ1) is 16.9. The molecule has 1 aliphatic carbocycles. The van der Waals surface area contributed by atoms with Crippen LogP contribution in [0.1, 0.15) is 51.9 Å². The molecule has 0 aromatic rings. The molecule has 0 aromatic heterocycles. The Morgan fingerprint density at radius 3 is 2.37 bits per heavy atom. The third-order valence-electron chi connectivity index (χ3n) is 3.66. The molecule has 2 N–H and O–H groups in total. The molecule has 1 aliphatic rings. The highest BCUT2D eigenvalue weighted by Crippen LogP contribution is 2.18. The van der Waals surface area contributed by atoms with Crippen LogP contribution in [0, 0.1) is 0 Å². The zero-order chi connectivity index (χ0) is 14.1. The van der Waals surface area contributed by atoms with Crippen LogP contribution >= 0.6 is 0 Å². The lowest BCUT2D eigenvalue weighted by atomic mass is 10.1. The number of hydrogen-bond donors (Lipinski definition) is 2. The molecule has 0 heterocycles. The van der Waals surface area contributed by atoms with E-state index in [1.54, 1.807) is 7.05 Å². The summed E-state index contributed by atoms with van der Waals surface area (Å²) in [7, 11) is -1.65. The van der Waals surface area contributed by atoms with Gasteiger partial charge >= 0.3 is 0 Å². The molecule has 114 valence electrons. The molecule has 0 atom stereocenters. The second-order valence-corrected chi connectivity index (χ2v) is 7.15. The van der Waals surface area contributed by atoms with E-state index in [0.29, 0.717) is 6.54 Å². The van der Waals surface area contributed by atoms with Crippen LogP contribution in [0.4, 0.5) is 0 Å². The minimum absolute atomic E-state index is 0.128. The van der Waals surface area contributed by atoms with E-state index in [0.717, 1.165) is 45.2 Å². The Kier molecular flexibility index (Phi) is 7.90. The summed E-state index contributed by atoms with van der Waals surface area (Å²) in [4.78, 5) is 0. The Hall–Kier alpha value is -0.170. The molecule has 0 aromatic carbocycles. The predicted octanol–water partition coefficient (Wildman–Crippen LogP) is 1.47. The monoisotopic (exact) mass is 291 g/mol. The predicted molar refractivity (Wildman–Crippen MR) is 79.3 cm³/mol. The van der Waals surface area contributed by atoms with E-state index in [1.165, 1.54) is 17.1 Å². The summed E-state index contributed by atoms with van der Waals surface area (Å²) < 4.78 is 28.6. The van der Waals surface area contributed by atoms with Gasteiger partial charge in [-0.3, -0.25) is 0 Å². The van der Waals surface area contributed by atoms with Crippen molar-refractivity contribution in [3.8, 4) is 0 Å². The summed E-state index contributed by atoms with van der Waals surface area (Å²) >= 11 is 0. The number of rotatable bonds is 8. The van der Waals surface area contributed by atoms with Crippen molar-refractivity contribution in [3.63, 3.8) is 0 Å². The molecule has 5 nitrogen and oxygen atoms in total. The van der Waals surface area contributed by atoms with Gasteiger partial charge in [0.25, 0.3) is 10.2 Å². The highest BCUT2D eigenvalue weighted by atomic mass is 32.2. The fourth-order valence-corrected chi connectivity index (χ4v) is 3.63. The molecule has 1 saturated carbocycles. The third-order valence-corrected chi connectivity index (χ3v) is 5.29. The van der Waals surface area contributed by atoms with Crippen molar-refractivity contribution in [2.24, 2.45) is 0 Å². The first-order chi connectivity index (χ1) is 9.06. The van der Waals surface area contributed by atoms with Crippen LogP contribution in [0.5, 0.6) is 0 Å². The number of hydrogen-bond acceptors (Lipinski definition) is 3. The van der Waals surface area contributed by atoms with Gasteiger partial charge in [0.15, 0.2) is 0 Å². The summed E-state index contributed by atoms with van der Waals surface area (Å²) in [6, 6.07) is 0.128. The van der Waals surface area contributed by atoms with Crippen molar-refractivity contribution < 1.29 is 8.42 Å². The third kappa shape index (κ3) is 6.70. The molecule has 6 heteroatoms. The van der Waals surface area contributed by atoms with Gasteiger partial charge in [-0.1, -0.05) is 32.6 Å². The van der Waals surface area contributed by atoms with Crippen LogP contribution in [0.3, 0.4) is 0 Å². The maximum atomic E-state index is 12.2. The van der Waals surface area contributed by atoms with Crippen LogP contribution in [0.2, 0.25) is 0 Å². The Morgan fingerprint density at radius 1 is 1.16 bits per heavy atom. The van der Waals surface area contributed by atoms with Gasteiger partial charge in [0.2, 0.25) is 0 Å². The molecule has 0 bridgehead atoms. The highest BCUT2D eigenvalue weighted by Gasteiger charge is 2.22. The maximum Gasteiger partial charge on any atom is 0.279 e. The zero-order valence-electron chi connectivity index (χ0n) is 12.3. The van der Waals surface area contributed by atoms with Gasteiger partial charge in [0.05, 0.1) is 0 Å². The van der Waals surface area contributed by atoms with Crippen molar-refractivity contribution in [3.05, 3.63) is 0 Å². The molecule has 19 heavy (non-hydrogen) atoms. The maximum absolute atomic E-state index is 12.2. The van der Waals surface area contributed by atoms with Gasteiger partial charge in [-0.25, -0.2) is 0 Å². The summed E-state index contributed by atoms with van der Waals surface area (Å²) in [6.45, 7) is 4.40. The summed E-state index contributed by atoms with van der Waals surface area (Å²) in [5, 5.41) is 3.20. The lowest BCUT2D eigenvalue weighted by Gasteiger charge is -2.22. The summed E-state index contributed by atoms with van der Waals surface area (Å²) in [5.74, 6) is 0. The van der Waals surface area contributed by atoms with Crippen molar-refractivity contribution in [2.75, 3.05) is 26.7 Å². The Bertz CT molecular complexity index is 325. The van der Waals surface area contributed by atoms with Crippen molar-refractivity contribution in [1.82, 2.24) is 14.3 Å². The van der Waals surface area contributed by atoms with Gasteiger partial charge < -0.3 is 5.32 Å². The standard InChI is InChI=1S/C13H29N3O2S/c1-3-14-11-8-12-16(2)19(17,18)15-13-9-6-4-5-7-10-13/h13-15H,3-12H2,1-2H3. The van der Waals surface area contributed by atoms with Gasteiger partial charge in [-0.05, 0) is 32.4 Å². The van der Waals surface area contributed by atoms with Crippen LogP contribution in [0.15, 0.2) is 0 Å². The van der Waals surface area contributed by atoms with Crippen molar-refractivity contribution in [1.29, 1.82) is 0 Å². The van der Waals surface area contributed by atoms with Crippen molar-refractivity contribution in [2.45, 2.75) is 57.9 Å². The van der Waals surface area contributed by atoms with Crippen LogP contribution in [-0.4, -0.2) is 45.4 Å². The van der Waals surface area contributed by atoms with Gasteiger partial charge in [-0.15, -0.1) is 0 Å². The van der Waals surface area contributed by atoms with Crippen molar-refractivity contribution >= 4 is 10.2 Å². The molecule has 0 unspecified atom stereocenters. The SMILES string of the molecule is CCNCCCN(C)S(=O)(=O)NC1CCCCCC1. The largest absolute Gasteiger partial charge is 0.317 e. The smallest absolute Gasteiger partial charge is 0.279 e.